The average Bonchev–Trinajstić information content (AvgIpc) is 2.54. The topological polar surface area (TPSA) is 87.0 Å². The predicted molar refractivity (Wildman–Crippen MR) is 95.6 cm³/mol. The number of fused-ring (bicyclic) bond motifs is 1. The molecule has 5 heteroatoms. The quantitative estimate of drug-likeness (QED) is 0.404. The fourth-order valence-corrected chi connectivity index (χ4v) is 3.36. The molecule has 0 radical (unpaired) electrons. The molecule has 5 nitrogen and oxygen atoms in total. The van der Waals surface area contributed by atoms with Crippen molar-refractivity contribution in [3.8, 4) is 0 Å². The zero-order chi connectivity index (χ0) is 18.8. The van der Waals surface area contributed by atoms with Crippen molar-refractivity contribution < 1.29 is 24.9 Å². The Hall–Kier alpha value is -1.69. The summed E-state index contributed by atoms with van der Waals surface area (Å²) in [5, 5.41) is 30.1. The highest BCUT2D eigenvalue weighted by atomic mass is 16.5. The van der Waals surface area contributed by atoms with Crippen LogP contribution in [0.3, 0.4) is 0 Å². The molecule has 0 amide bonds. The molecule has 1 saturated heterocycles. The van der Waals surface area contributed by atoms with E-state index in [1.54, 1.807) is 32.1 Å². The van der Waals surface area contributed by atoms with E-state index in [2.05, 4.69) is 13.2 Å². The summed E-state index contributed by atoms with van der Waals surface area (Å²) < 4.78 is 5.31. The van der Waals surface area contributed by atoms with Crippen LogP contribution in [-0.2, 0) is 9.53 Å². The van der Waals surface area contributed by atoms with Crippen molar-refractivity contribution >= 4 is 5.97 Å². The fourth-order valence-electron chi connectivity index (χ4n) is 3.36. The highest BCUT2D eigenvalue weighted by molar-refractivity contribution is 5.90. The zero-order valence-corrected chi connectivity index (χ0v) is 14.9. The molecule has 0 spiro atoms. The van der Waals surface area contributed by atoms with Gasteiger partial charge in [0.05, 0.1) is 18.3 Å². The molecular formula is C20H28O5. The Bertz CT molecular complexity index is 608. The second kappa shape index (κ2) is 7.68. The van der Waals surface area contributed by atoms with E-state index in [1.165, 1.54) is 0 Å². The maximum atomic E-state index is 12.3. The van der Waals surface area contributed by atoms with Gasteiger partial charge >= 0.3 is 5.97 Å². The maximum absolute atomic E-state index is 12.3. The number of ether oxygens (including phenoxy) is 1. The molecule has 0 aromatic heterocycles. The van der Waals surface area contributed by atoms with Crippen LogP contribution in [0.4, 0.5) is 0 Å². The largest absolute Gasteiger partial charge is 0.462 e. The van der Waals surface area contributed by atoms with Gasteiger partial charge in [0, 0.05) is 17.4 Å². The number of aliphatic hydroxyl groups is 3. The number of hydrogen-bond acceptors (Lipinski definition) is 5. The normalized spacial score (nSPS) is 33.6. The number of rotatable bonds is 2. The molecule has 0 aromatic carbocycles. The zero-order valence-electron chi connectivity index (χ0n) is 14.9. The van der Waals surface area contributed by atoms with Crippen molar-refractivity contribution in [2.24, 2.45) is 11.8 Å². The van der Waals surface area contributed by atoms with Crippen molar-refractivity contribution in [1.82, 2.24) is 0 Å². The fraction of sp³-hybridized carbons (Fsp3) is 0.550. The summed E-state index contributed by atoms with van der Waals surface area (Å²) in [5.74, 6) is -0.595. The molecule has 0 unspecified atom stereocenters. The van der Waals surface area contributed by atoms with Crippen molar-refractivity contribution in [1.29, 1.82) is 0 Å². The van der Waals surface area contributed by atoms with Gasteiger partial charge in [0.25, 0.3) is 0 Å². The second-order valence-corrected chi connectivity index (χ2v) is 7.52. The van der Waals surface area contributed by atoms with Crippen molar-refractivity contribution in [3.63, 3.8) is 0 Å². The van der Waals surface area contributed by atoms with Crippen LogP contribution < -0.4 is 0 Å². The molecule has 4 atom stereocenters. The number of hydrogen-bond donors (Lipinski definition) is 3. The minimum atomic E-state index is -0.990. The number of esters is 1. The van der Waals surface area contributed by atoms with Gasteiger partial charge in [-0.1, -0.05) is 37.0 Å². The van der Waals surface area contributed by atoms with Gasteiger partial charge in [-0.2, -0.15) is 0 Å². The number of allylic oxidation sites excluding steroid dienone is 2. The Labute approximate surface area is 149 Å². The molecule has 0 bridgehead atoms. The average molecular weight is 348 g/mol. The Morgan fingerprint density at radius 1 is 1.20 bits per heavy atom. The molecule has 1 aliphatic carbocycles. The molecule has 2 rings (SSSR count). The Balaban J connectivity index is 2.33. The van der Waals surface area contributed by atoms with Crippen molar-refractivity contribution in [3.05, 3.63) is 48.1 Å². The van der Waals surface area contributed by atoms with Crippen LogP contribution in [0.15, 0.2) is 48.1 Å². The molecule has 3 N–H and O–H groups in total. The highest BCUT2D eigenvalue weighted by Gasteiger charge is 2.38. The first-order valence-electron chi connectivity index (χ1n) is 8.60. The first-order valence-corrected chi connectivity index (χ1v) is 8.60. The van der Waals surface area contributed by atoms with E-state index in [0.717, 1.165) is 5.57 Å². The van der Waals surface area contributed by atoms with E-state index in [-0.39, 0.29) is 30.8 Å². The van der Waals surface area contributed by atoms with Gasteiger partial charge in [-0.15, -0.1) is 0 Å². The summed E-state index contributed by atoms with van der Waals surface area (Å²) in [4.78, 5) is 12.3. The third kappa shape index (κ3) is 4.91. The van der Waals surface area contributed by atoms with E-state index in [4.69, 9.17) is 4.74 Å². The standard InChI is InChI=1S/C20H28O5/c1-12-7-8-14-15(6-5-9-20(3,4)24)19(23)25-11-16(14)13(2)10-17(21)18(12)22/h5-6,9,14,16-18,21-22,24H,1-2,7-8,10-11H2,3-4H3/t14-,16+,17-,18-/m1/s1. The number of cyclic esters (lactones) is 1. The van der Waals surface area contributed by atoms with Gasteiger partial charge in [0.15, 0.2) is 0 Å². The lowest BCUT2D eigenvalue weighted by molar-refractivity contribution is -0.144. The summed E-state index contributed by atoms with van der Waals surface area (Å²) in [6.07, 6.45) is 4.37. The summed E-state index contributed by atoms with van der Waals surface area (Å²) in [6.45, 7) is 11.5. The van der Waals surface area contributed by atoms with Gasteiger partial charge in [-0.05, 0) is 38.7 Å². The lowest BCUT2D eigenvalue weighted by Gasteiger charge is -2.34. The van der Waals surface area contributed by atoms with E-state index in [1.807, 2.05) is 0 Å². The van der Waals surface area contributed by atoms with E-state index < -0.39 is 17.8 Å². The second-order valence-electron chi connectivity index (χ2n) is 7.52. The molecule has 2 fully saturated rings. The van der Waals surface area contributed by atoms with Gasteiger partial charge in [0.2, 0.25) is 0 Å². The van der Waals surface area contributed by atoms with Crippen LogP contribution in [0.25, 0.3) is 0 Å². The number of carbonyl (C=O) groups excluding carboxylic acids is 1. The lowest BCUT2D eigenvalue weighted by atomic mass is 9.76. The molecule has 2 aliphatic rings. The monoisotopic (exact) mass is 348 g/mol. The first kappa shape index (κ1) is 19.6. The van der Waals surface area contributed by atoms with Crippen LogP contribution in [-0.4, -0.2) is 45.7 Å². The van der Waals surface area contributed by atoms with E-state index >= 15 is 0 Å². The van der Waals surface area contributed by atoms with E-state index in [0.29, 0.717) is 24.0 Å². The summed E-state index contributed by atoms with van der Waals surface area (Å²) in [5.41, 5.74) is 0.874. The van der Waals surface area contributed by atoms with Crippen molar-refractivity contribution in [2.45, 2.75) is 50.9 Å². The molecule has 138 valence electrons. The molecule has 1 heterocycles. The van der Waals surface area contributed by atoms with Crippen LogP contribution in [0.2, 0.25) is 0 Å². The van der Waals surface area contributed by atoms with Crippen LogP contribution in [0.5, 0.6) is 0 Å². The maximum Gasteiger partial charge on any atom is 0.334 e. The van der Waals surface area contributed by atoms with Gasteiger partial charge in [0.1, 0.15) is 6.10 Å². The molecular weight excluding hydrogens is 320 g/mol. The van der Waals surface area contributed by atoms with E-state index in [9.17, 15) is 20.1 Å². The molecule has 1 saturated carbocycles. The smallest absolute Gasteiger partial charge is 0.334 e. The number of carbonyl (C=O) groups is 1. The first-order chi connectivity index (χ1) is 11.6. The van der Waals surface area contributed by atoms with Gasteiger partial charge < -0.3 is 20.1 Å². The SMILES string of the molecule is C=C1CC[C@@H]2C(=CC=CC(C)(C)O)C(=O)OC[C@H]2C(=C)C[C@@H](O)[C@@H]1O. The molecule has 0 aromatic rings. The molecule has 1 aliphatic heterocycles. The minimum absolute atomic E-state index is 0.104. The lowest BCUT2D eigenvalue weighted by Crippen LogP contribution is -2.35. The van der Waals surface area contributed by atoms with Crippen LogP contribution in [0, 0.1) is 11.8 Å². The predicted octanol–water partition coefficient (Wildman–Crippen LogP) is 2.05. The summed E-state index contributed by atoms with van der Waals surface area (Å²) in [6, 6.07) is 0. The molecule has 25 heavy (non-hydrogen) atoms. The minimum Gasteiger partial charge on any atom is -0.462 e. The number of aliphatic hydroxyl groups excluding tert-OH is 2. The van der Waals surface area contributed by atoms with Crippen LogP contribution >= 0.6 is 0 Å². The van der Waals surface area contributed by atoms with Gasteiger partial charge in [-0.3, -0.25) is 0 Å². The van der Waals surface area contributed by atoms with Crippen molar-refractivity contribution in [2.75, 3.05) is 6.61 Å². The third-order valence-electron chi connectivity index (χ3n) is 4.85. The highest BCUT2D eigenvalue weighted by Crippen LogP contribution is 2.39. The third-order valence-corrected chi connectivity index (χ3v) is 4.85. The Morgan fingerprint density at radius 3 is 2.52 bits per heavy atom. The summed E-state index contributed by atoms with van der Waals surface area (Å²) >= 11 is 0. The summed E-state index contributed by atoms with van der Waals surface area (Å²) in [7, 11) is 0. The Morgan fingerprint density at radius 2 is 1.88 bits per heavy atom. The van der Waals surface area contributed by atoms with Gasteiger partial charge in [-0.25, -0.2) is 4.79 Å². The Kier molecular flexibility index (Phi) is 6.03. The van der Waals surface area contributed by atoms with Crippen LogP contribution in [0.1, 0.15) is 33.1 Å².